The molecule has 2 N–H and O–H groups in total. The number of anilines is 2. The number of carbonyl (C=O) groups excluding carboxylic acids is 3. The minimum atomic E-state index is -0.303. The largest absolute Gasteiger partial charge is 0.366 e. The van der Waals surface area contributed by atoms with E-state index < -0.39 is 0 Å². The lowest BCUT2D eigenvalue weighted by Crippen LogP contribution is -2.49. The summed E-state index contributed by atoms with van der Waals surface area (Å²) >= 11 is 6.08. The summed E-state index contributed by atoms with van der Waals surface area (Å²) in [5.41, 5.74) is 2.87. The fraction of sp³-hybridized carbons (Fsp3) is 0.310. The smallest absolute Gasteiger partial charge is 0.257 e. The van der Waals surface area contributed by atoms with E-state index in [4.69, 9.17) is 11.6 Å². The summed E-state index contributed by atoms with van der Waals surface area (Å²) in [6, 6.07) is 15.8. The second-order valence-corrected chi connectivity index (χ2v) is 10.0. The van der Waals surface area contributed by atoms with E-state index in [0.717, 1.165) is 25.2 Å². The highest BCUT2D eigenvalue weighted by Gasteiger charge is 2.26. The van der Waals surface area contributed by atoms with Gasteiger partial charge in [0.1, 0.15) is 0 Å². The molecule has 3 heterocycles. The zero-order valence-corrected chi connectivity index (χ0v) is 22.4. The van der Waals surface area contributed by atoms with Gasteiger partial charge in [-0.25, -0.2) is 0 Å². The molecule has 3 amide bonds. The molecule has 0 unspecified atom stereocenters. The van der Waals surface area contributed by atoms with Crippen molar-refractivity contribution in [1.29, 1.82) is 0 Å². The van der Waals surface area contributed by atoms with Gasteiger partial charge < -0.3 is 25.3 Å². The summed E-state index contributed by atoms with van der Waals surface area (Å²) in [6.07, 6.45) is 4.02. The third-order valence-electron chi connectivity index (χ3n) is 7.02. The minimum Gasteiger partial charge on any atom is -0.366 e. The van der Waals surface area contributed by atoms with Gasteiger partial charge in [-0.15, -0.1) is 0 Å². The van der Waals surface area contributed by atoms with Crippen LogP contribution in [0.5, 0.6) is 0 Å². The molecule has 2 fully saturated rings. The third-order valence-corrected chi connectivity index (χ3v) is 7.26. The van der Waals surface area contributed by atoms with Gasteiger partial charge in [0.2, 0.25) is 0 Å². The maximum absolute atomic E-state index is 13.3. The van der Waals surface area contributed by atoms with E-state index in [1.54, 1.807) is 53.6 Å². The normalized spacial score (nSPS) is 16.0. The van der Waals surface area contributed by atoms with Gasteiger partial charge in [0.05, 0.1) is 16.9 Å². The molecular formula is C29H31ClN6O3. The van der Waals surface area contributed by atoms with Crippen molar-refractivity contribution >= 4 is 40.7 Å². The Morgan fingerprint density at radius 1 is 0.795 bits per heavy atom. The molecule has 5 rings (SSSR count). The van der Waals surface area contributed by atoms with Crippen LogP contribution in [0.15, 0.2) is 67.0 Å². The Bertz CT molecular complexity index is 1340. The number of rotatable bonds is 5. The summed E-state index contributed by atoms with van der Waals surface area (Å²) in [6.45, 7) is 5.16. The first-order valence-electron chi connectivity index (χ1n) is 13.1. The summed E-state index contributed by atoms with van der Waals surface area (Å²) in [5, 5.41) is 6.85. The molecule has 0 atom stereocenters. The molecule has 2 aliphatic heterocycles. The number of amides is 3. The molecule has 39 heavy (non-hydrogen) atoms. The molecule has 2 saturated heterocycles. The van der Waals surface area contributed by atoms with Crippen LogP contribution in [0.25, 0.3) is 0 Å². The fourth-order valence-electron chi connectivity index (χ4n) is 4.92. The third kappa shape index (κ3) is 6.38. The minimum absolute atomic E-state index is 0.0564. The van der Waals surface area contributed by atoms with E-state index in [2.05, 4.69) is 20.5 Å². The predicted octanol–water partition coefficient (Wildman–Crippen LogP) is 3.39. The van der Waals surface area contributed by atoms with E-state index in [0.29, 0.717) is 66.7 Å². The highest BCUT2D eigenvalue weighted by Crippen LogP contribution is 2.30. The first-order valence-corrected chi connectivity index (χ1v) is 13.5. The summed E-state index contributed by atoms with van der Waals surface area (Å²) in [7, 11) is 0. The maximum Gasteiger partial charge on any atom is 0.257 e. The quantitative estimate of drug-likeness (QED) is 0.509. The Kier molecular flexibility index (Phi) is 8.39. The first kappa shape index (κ1) is 26.6. The van der Waals surface area contributed by atoms with Crippen LogP contribution in [0.4, 0.5) is 11.4 Å². The number of aromatic nitrogens is 1. The van der Waals surface area contributed by atoms with E-state index in [-0.39, 0.29) is 17.7 Å². The van der Waals surface area contributed by atoms with Crippen molar-refractivity contribution in [2.24, 2.45) is 0 Å². The number of pyridine rings is 1. The number of benzene rings is 2. The number of hydrogen-bond donors (Lipinski definition) is 2. The average molecular weight is 547 g/mol. The lowest BCUT2D eigenvalue weighted by molar-refractivity contribution is 0.0743. The number of carbonyl (C=O) groups is 3. The van der Waals surface area contributed by atoms with Crippen LogP contribution in [-0.4, -0.2) is 84.9 Å². The van der Waals surface area contributed by atoms with Crippen LogP contribution in [-0.2, 0) is 0 Å². The second kappa shape index (κ2) is 12.3. The Hall–Kier alpha value is -3.95. The molecular weight excluding hydrogens is 516 g/mol. The summed E-state index contributed by atoms with van der Waals surface area (Å²) < 4.78 is 0. The van der Waals surface area contributed by atoms with E-state index in [9.17, 15) is 14.4 Å². The zero-order valence-electron chi connectivity index (χ0n) is 21.6. The van der Waals surface area contributed by atoms with Crippen LogP contribution in [0, 0.1) is 0 Å². The van der Waals surface area contributed by atoms with E-state index in [1.165, 1.54) is 6.20 Å². The molecule has 2 aliphatic rings. The number of nitrogens with one attached hydrogen (secondary N) is 2. The fourth-order valence-corrected chi connectivity index (χ4v) is 5.11. The van der Waals surface area contributed by atoms with Crippen LogP contribution < -0.4 is 15.5 Å². The molecule has 10 heteroatoms. The summed E-state index contributed by atoms with van der Waals surface area (Å²) in [4.78, 5) is 49.2. The van der Waals surface area contributed by atoms with Crippen molar-refractivity contribution < 1.29 is 14.4 Å². The SMILES string of the molecule is O=C(Nc1cc(C(=O)N2CCCNCC2)ccc1N1CCN(C(=O)c2cccc(Cl)c2)CC1)c1cccnc1. The average Bonchev–Trinajstić information content (AvgIpc) is 3.27. The first-order chi connectivity index (χ1) is 19.0. The van der Waals surface area contributed by atoms with E-state index in [1.807, 2.05) is 17.0 Å². The van der Waals surface area contributed by atoms with Crippen molar-refractivity contribution in [2.45, 2.75) is 6.42 Å². The van der Waals surface area contributed by atoms with Crippen molar-refractivity contribution in [3.8, 4) is 0 Å². The number of halogens is 1. The molecule has 2 aromatic carbocycles. The highest BCUT2D eigenvalue weighted by atomic mass is 35.5. The Morgan fingerprint density at radius 3 is 2.28 bits per heavy atom. The second-order valence-electron chi connectivity index (χ2n) is 9.61. The molecule has 202 valence electrons. The predicted molar refractivity (Wildman–Crippen MR) is 152 cm³/mol. The number of nitrogens with zero attached hydrogens (tertiary/aromatic N) is 4. The standard InChI is InChI=1S/C29H31ClN6O3/c30-24-6-1-4-21(18-24)28(38)36-16-14-34(15-17-36)26-8-7-22(29(39)35-12-3-10-31-11-13-35)19-25(26)33-27(37)23-5-2-9-32-20-23/h1-2,4-9,18-20,31H,3,10-17H2,(H,33,37). The molecule has 0 radical (unpaired) electrons. The van der Waals surface area contributed by atoms with Gasteiger partial charge in [0, 0.05) is 74.4 Å². The highest BCUT2D eigenvalue weighted by molar-refractivity contribution is 6.31. The molecule has 9 nitrogen and oxygen atoms in total. The number of piperazine rings is 1. The molecule has 0 saturated carbocycles. The monoisotopic (exact) mass is 546 g/mol. The summed E-state index contributed by atoms with van der Waals surface area (Å²) in [5.74, 6) is -0.420. The molecule has 0 aliphatic carbocycles. The van der Waals surface area contributed by atoms with Crippen LogP contribution in [0.2, 0.25) is 5.02 Å². The van der Waals surface area contributed by atoms with Crippen molar-refractivity contribution in [3.05, 3.63) is 88.7 Å². The van der Waals surface area contributed by atoms with Crippen molar-refractivity contribution in [1.82, 2.24) is 20.1 Å². The van der Waals surface area contributed by atoms with Gasteiger partial charge in [-0.05, 0) is 61.5 Å². The van der Waals surface area contributed by atoms with Gasteiger partial charge >= 0.3 is 0 Å². The lowest BCUT2D eigenvalue weighted by Gasteiger charge is -2.37. The topological polar surface area (TPSA) is 97.9 Å². The maximum atomic E-state index is 13.3. The Labute approximate surface area is 232 Å². The Balaban J connectivity index is 1.36. The Morgan fingerprint density at radius 2 is 1.54 bits per heavy atom. The zero-order chi connectivity index (χ0) is 27.2. The van der Waals surface area contributed by atoms with Gasteiger partial charge in [0.25, 0.3) is 17.7 Å². The van der Waals surface area contributed by atoms with Gasteiger partial charge in [-0.2, -0.15) is 0 Å². The van der Waals surface area contributed by atoms with Crippen molar-refractivity contribution in [2.75, 3.05) is 62.6 Å². The molecule has 3 aromatic rings. The molecule has 0 spiro atoms. The van der Waals surface area contributed by atoms with E-state index >= 15 is 0 Å². The van der Waals surface area contributed by atoms with Crippen molar-refractivity contribution in [3.63, 3.8) is 0 Å². The molecule has 1 aromatic heterocycles. The number of hydrogen-bond acceptors (Lipinski definition) is 6. The van der Waals surface area contributed by atoms with Gasteiger partial charge in [-0.3, -0.25) is 19.4 Å². The van der Waals surface area contributed by atoms with Gasteiger partial charge in [0.15, 0.2) is 0 Å². The van der Waals surface area contributed by atoms with Crippen LogP contribution in [0.3, 0.4) is 0 Å². The lowest BCUT2D eigenvalue weighted by atomic mass is 10.1. The molecule has 0 bridgehead atoms. The van der Waals surface area contributed by atoms with Gasteiger partial charge in [-0.1, -0.05) is 17.7 Å². The van der Waals surface area contributed by atoms with Crippen LogP contribution in [0.1, 0.15) is 37.5 Å². The van der Waals surface area contributed by atoms with Crippen LogP contribution >= 0.6 is 11.6 Å².